The second-order valence-electron chi connectivity index (χ2n) is 12.7. The molecule has 0 bridgehead atoms. The zero-order valence-corrected chi connectivity index (χ0v) is 25.2. The van der Waals surface area contributed by atoms with Gasteiger partial charge in [-0.15, -0.1) is 0 Å². The third kappa shape index (κ3) is 5.74. The number of carbonyl (C=O) groups excluding carboxylic acids is 1. The summed E-state index contributed by atoms with van der Waals surface area (Å²) in [6.45, 7) is 6.48. The number of aliphatic hydroxyl groups excluding tert-OH is 3. The minimum absolute atomic E-state index is 0. The van der Waals surface area contributed by atoms with Gasteiger partial charge in [0.15, 0.2) is 0 Å². The Morgan fingerprint density at radius 2 is 1.78 bits per heavy atom. The van der Waals surface area contributed by atoms with E-state index < -0.39 is 28.1 Å². The van der Waals surface area contributed by atoms with Crippen LogP contribution in [0.15, 0.2) is 0 Å². The third-order valence-electron chi connectivity index (χ3n) is 11.0. The van der Waals surface area contributed by atoms with Crippen LogP contribution in [0.25, 0.3) is 0 Å². The molecule has 0 aliphatic heterocycles. The van der Waals surface area contributed by atoms with Crippen molar-refractivity contribution in [2.45, 2.75) is 96.9 Å². The molecule has 1 amide bonds. The van der Waals surface area contributed by atoms with E-state index in [4.69, 9.17) is 0 Å². The van der Waals surface area contributed by atoms with E-state index in [0.717, 1.165) is 38.5 Å². The molecule has 4 saturated carbocycles. The van der Waals surface area contributed by atoms with Crippen molar-refractivity contribution in [3.8, 4) is 0 Å². The van der Waals surface area contributed by atoms with E-state index in [1.165, 1.54) is 0 Å². The Hall–Kier alpha value is 0.260. The predicted molar refractivity (Wildman–Crippen MR) is 130 cm³/mol. The van der Waals surface area contributed by atoms with Crippen LogP contribution in [0.3, 0.4) is 0 Å². The summed E-state index contributed by atoms with van der Waals surface area (Å²) >= 11 is 0. The van der Waals surface area contributed by atoms with Gasteiger partial charge in [0.2, 0.25) is 5.91 Å². The van der Waals surface area contributed by atoms with E-state index in [-0.39, 0.29) is 95.0 Å². The zero-order valence-electron chi connectivity index (χ0n) is 22.4. The van der Waals surface area contributed by atoms with Crippen molar-refractivity contribution in [1.82, 2.24) is 5.32 Å². The number of hydrogen-bond donors (Lipinski definition) is 4. The number of nitrogens with one attached hydrogen (secondary N) is 1. The Balaban J connectivity index is 0.00000361. The van der Waals surface area contributed by atoms with Crippen molar-refractivity contribution in [3.05, 3.63) is 0 Å². The Morgan fingerprint density at radius 1 is 1.08 bits per heavy atom. The largest absolute Gasteiger partial charge is 1.00 e. The topological polar surface area (TPSA) is 147 Å². The van der Waals surface area contributed by atoms with Crippen LogP contribution in [0.1, 0.15) is 78.6 Å². The molecule has 4 aliphatic carbocycles. The van der Waals surface area contributed by atoms with Gasteiger partial charge in [0.05, 0.1) is 34.2 Å². The molecule has 0 radical (unpaired) electrons. The van der Waals surface area contributed by atoms with Crippen LogP contribution in [0.2, 0.25) is 0 Å². The summed E-state index contributed by atoms with van der Waals surface area (Å²) in [5.74, 6) is 0.522. The van der Waals surface area contributed by atoms with Gasteiger partial charge in [-0.2, -0.15) is 0 Å². The molecule has 11 atom stereocenters. The summed E-state index contributed by atoms with van der Waals surface area (Å²) in [4.78, 5) is 12.2. The SMILES string of the molecule is C[C@H](CCC(=O)NCCS(=O)(=O)[O-])[C@H]1CC[C@H]2[C@@H]3[C@H](O)C[C@@H]4C[C@H](O)CC[C@]4(C)[C@@H]3C[C@H](O)[C@]12C.[Na+]. The standard InChI is InChI=1S/C26H45NO7S.Na/c1-15(4-7-23(31)27-10-11-35(32,33)34)18-5-6-19-24-20(14-22(30)26(18,19)3)25(2)9-8-17(28)12-16(25)13-21(24)29;/h15-22,24,28-30H,4-14H2,1-3H3,(H,27,31)(H,32,33,34);/q;+1/p-1/t15-,16+,17-,18-,19+,20-,21-,22+,24+,25+,26-;/m1./s1. The first kappa shape index (κ1) is 30.8. The third-order valence-corrected chi connectivity index (χ3v) is 11.7. The van der Waals surface area contributed by atoms with Crippen LogP contribution < -0.4 is 34.9 Å². The molecule has 0 saturated heterocycles. The first-order valence-electron chi connectivity index (χ1n) is 13.5. The summed E-state index contributed by atoms with van der Waals surface area (Å²) in [5, 5.41) is 35.7. The smallest absolute Gasteiger partial charge is 0.748 e. The molecule has 4 rings (SSSR count). The van der Waals surface area contributed by atoms with Gasteiger partial charge in [0, 0.05) is 13.0 Å². The van der Waals surface area contributed by atoms with Crippen molar-refractivity contribution in [1.29, 1.82) is 0 Å². The van der Waals surface area contributed by atoms with Gasteiger partial charge in [-0.05, 0) is 97.7 Å². The molecule has 4 fully saturated rings. The average Bonchev–Trinajstić information content (AvgIpc) is 3.12. The van der Waals surface area contributed by atoms with E-state index in [0.29, 0.717) is 18.8 Å². The molecule has 0 spiro atoms. The quantitative estimate of drug-likeness (QED) is 0.241. The maximum Gasteiger partial charge on any atom is 1.00 e. The van der Waals surface area contributed by atoms with Crippen molar-refractivity contribution in [2.24, 2.45) is 46.3 Å². The molecule has 0 aromatic carbocycles. The maximum atomic E-state index is 12.2. The number of carbonyl (C=O) groups is 1. The molecule has 10 heteroatoms. The molecule has 8 nitrogen and oxygen atoms in total. The monoisotopic (exact) mass is 537 g/mol. The van der Waals surface area contributed by atoms with Crippen LogP contribution in [-0.4, -0.2) is 64.8 Å². The normalized spacial score (nSPS) is 45.0. The van der Waals surface area contributed by atoms with Gasteiger partial charge in [0.25, 0.3) is 0 Å². The molecular formula is C26H44NNaO7S. The second-order valence-corrected chi connectivity index (χ2v) is 14.2. The Morgan fingerprint density at radius 3 is 2.44 bits per heavy atom. The number of aliphatic hydroxyl groups is 3. The fraction of sp³-hybridized carbons (Fsp3) is 0.962. The summed E-state index contributed by atoms with van der Waals surface area (Å²) < 4.78 is 32.2. The first-order valence-corrected chi connectivity index (χ1v) is 15.1. The Labute approximate surface area is 238 Å². The summed E-state index contributed by atoms with van der Waals surface area (Å²) in [5.41, 5.74) is -0.267. The summed E-state index contributed by atoms with van der Waals surface area (Å²) in [6.07, 6.45) is 5.58. The molecular weight excluding hydrogens is 493 g/mol. The van der Waals surface area contributed by atoms with Crippen LogP contribution in [-0.2, 0) is 14.9 Å². The number of hydrogen-bond acceptors (Lipinski definition) is 7. The van der Waals surface area contributed by atoms with E-state index in [9.17, 15) is 33.1 Å². The van der Waals surface area contributed by atoms with E-state index >= 15 is 0 Å². The van der Waals surface area contributed by atoms with Crippen molar-refractivity contribution >= 4 is 16.0 Å². The average molecular weight is 538 g/mol. The first-order chi connectivity index (χ1) is 16.3. The van der Waals surface area contributed by atoms with E-state index in [1.807, 2.05) is 0 Å². The molecule has 0 aromatic rings. The van der Waals surface area contributed by atoms with Gasteiger partial charge in [-0.25, -0.2) is 8.42 Å². The Bertz CT molecular complexity index is 903. The molecule has 4 aliphatic rings. The fourth-order valence-corrected chi connectivity index (χ4v) is 9.45. The molecule has 0 unspecified atom stereocenters. The predicted octanol–water partition coefficient (Wildman–Crippen LogP) is -0.970. The van der Waals surface area contributed by atoms with Crippen LogP contribution in [0.4, 0.5) is 0 Å². The van der Waals surface area contributed by atoms with Gasteiger partial charge in [0.1, 0.15) is 0 Å². The van der Waals surface area contributed by atoms with Crippen molar-refractivity contribution in [2.75, 3.05) is 12.3 Å². The minimum Gasteiger partial charge on any atom is -0.748 e. The van der Waals surface area contributed by atoms with Gasteiger partial charge >= 0.3 is 29.6 Å². The van der Waals surface area contributed by atoms with Crippen LogP contribution in [0, 0.1) is 46.3 Å². The van der Waals surface area contributed by atoms with Gasteiger partial charge in [-0.3, -0.25) is 4.79 Å². The second kappa shape index (κ2) is 11.4. The zero-order chi connectivity index (χ0) is 25.8. The van der Waals surface area contributed by atoms with Crippen LogP contribution in [0.5, 0.6) is 0 Å². The summed E-state index contributed by atoms with van der Waals surface area (Å²) in [6, 6.07) is 0. The van der Waals surface area contributed by atoms with Crippen molar-refractivity contribution in [3.63, 3.8) is 0 Å². The molecule has 0 aromatic heterocycles. The van der Waals surface area contributed by atoms with E-state index in [2.05, 4.69) is 26.1 Å². The Kier molecular flexibility index (Phi) is 9.75. The molecule has 4 N–H and O–H groups in total. The fourth-order valence-electron chi connectivity index (χ4n) is 9.10. The maximum absolute atomic E-state index is 12.2. The number of rotatable bonds is 7. The van der Waals surface area contributed by atoms with Crippen molar-refractivity contribution < 1.29 is 62.6 Å². The number of fused-ring (bicyclic) bond motifs is 5. The molecule has 202 valence electrons. The minimum atomic E-state index is -4.35. The number of amides is 1. The van der Waals surface area contributed by atoms with Crippen LogP contribution >= 0.6 is 0 Å². The van der Waals surface area contributed by atoms with E-state index in [1.54, 1.807) is 0 Å². The molecule has 36 heavy (non-hydrogen) atoms. The molecule has 0 heterocycles. The summed E-state index contributed by atoms with van der Waals surface area (Å²) in [7, 11) is -4.35. The van der Waals surface area contributed by atoms with Gasteiger partial charge < -0.3 is 25.2 Å². The van der Waals surface area contributed by atoms with Gasteiger partial charge in [-0.1, -0.05) is 20.8 Å².